The minimum atomic E-state index is -0.108. The molecule has 27 heavy (non-hydrogen) atoms. The van der Waals surface area contributed by atoms with Gasteiger partial charge in [-0.05, 0) is 11.4 Å². The van der Waals surface area contributed by atoms with E-state index >= 15 is 0 Å². The number of aromatic amines is 1. The number of hydrogen-bond donors (Lipinski definition) is 4. The zero-order chi connectivity index (χ0) is 19.1. The molecule has 0 saturated carbocycles. The predicted octanol–water partition coefficient (Wildman–Crippen LogP) is 2.13. The second kappa shape index (κ2) is 9.53. The SMILES string of the molecule is NC(N)=Nc1nc(CSCCNc2ncc(Cc3cccs3)c(=O)[nH]2)cs1. The first-order valence-corrected chi connectivity index (χ1v) is 11.0. The Bertz CT molecular complexity index is 945. The van der Waals surface area contributed by atoms with Crippen molar-refractivity contribution in [1.82, 2.24) is 15.0 Å². The van der Waals surface area contributed by atoms with Crippen LogP contribution in [0.4, 0.5) is 11.1 Å². The van der Waals surface area contributed by atoms with E-state index in [1.807, 2.05) is 22.9 Å². The molecular weight excluding hydrogens is 402 g/mol. The van der Waals surface area contributed by atoms with Gasteiger partial charge in [-0.1, -0.05) is 6.07 Å². The van der Waals surface area contributed by atoms with Gasteiger partial charge in [-0.3, -0.25) is 9.78 Å². The normalized spacial score (nSPS) is 10.7. The first kappa shape index (κ1) is 19.4. The summed E-state index contributed by atoms with van der Waals surface area (Å²) in [6, 6.07) is 3.98. The highest BCUT2D eigenvalue weighted by atomic mass is 32.2. The lowest BCUT2D eigenvalue weighted by molar-refractivity contribution is 1.01. The van der Waals surface area contributed by atoms with E-state index in [9.17, 15) is 4.79 Å². The van der Waals surface area contributed by atoms with Crippen molar-refractivity contribution < 1.29 is 0 Å². The number of aliphatic imine (C=N–C) groups is 1. The number of nitrogens with zero attached hydrogens (tertiary/aromatic N) is 3. The minimum absolute atomic E-state index is 0.00986. The number of nitrogens with one attached hydrogen (secondary N) is 2. The molecule has 3 rings (SSSR count). The highest BCUT2D eigenvalue weighted by Gasteiger charge is 2.05. The van der Waals surface area contributed by atoms with Gasteiger partial charge in [0.15, 0.2) is 5.96 Å². The molecule has 0 spiro atoms. The topological polar surface area (TPSA) is 135 Å². The third-order valence-electron chi connectivity index (χ3n) is 3.37. The largest absolute Gasteiger partial charge is 0.370 e. The number of thiophene rings is 1. The third-order valence-corrected chi connectivity index (χ3v) is 6.02. The van der Waals surface area contributed by atoms with Gasteiger partial charge in [-0.15, -0.1) is 22.7 Å². The lowest BCUT2D eigenvalue weighted by Gasteiger charge is -2.05. The van der Waals surface area contributed by atoms with Crippen molar-refractivity contribution in [2.75, 3.05) is 17.6 Å². The van der Waals surface area contributed by atoms with Gasteiger partial charge >= 0.3 is 0 Å². The molecule has 142 valence electrons. The molecule has 0 bridgehead atoms. The van der Waals surface area contributed by atoms with Crippen molar-refractivity contribution in [3.8, 4) is 0 Å². The quantitative estimate of drug-likeness (QED) is 0.236. The molecule has 0 aliphatic heterocycles. The summed E-state index contributed by atoms with van der Waals surface area (Å²) in [6.07, 6.45) is 2.24. The Morgan fingerprint density at radius 2 is 2.26 bits per heavy atom. The molecular formula is C16H19N7OS3. The Morgan fingerprint density at radius 3 is 3.00 bits per heavy atom. The van der Waals surface area contributed by atoms with Gasteiger partial charge < -0.3 is 16.8 Å². The summed E-state index contributed by atoms with van der Waals surface area (Å²) in [5.41, 5.74) is 12.2. The van der Waals surface area contributed by atoms with Crippen molar-refractivity contribution in [3.05, 3.63) is 55.6 Å². The van der Waals surface area contributed by atoms with Gasteiger partial charge in [0.05, 0.1) is 5.69 Å². The third kappa shape index (κ3) is 6.08. The molecule has 3 aromatic heterocycles. The molecule has 0 aliphatic carbocycles. The van der Waals surface area contributed by atoms with Gasteiger partial charge in [-0.25, -0.2) is 9.97 Å². The summed E-state index contributed by atoms with van der Waals surface area (Å²) in [5.74, 6) is 2.10. The highest BCUT2D eigenvalue weighted by molar-refractivity contribution is 7.98. The minimum Gasteiger partial charge on any atom is -0.370 e. The predicted molar refractivity (Wildman–Crippen MR) is 114 cm³/mol. The number of aromatic nitrogens is 3. The Labute approximate surface area is 168 Å². The fourth-order valence-corrected chi connectivity index (χ4v) is 4.47. The molecule has 6 N–H and O–H groups in total. The van der Waals surface area contributed by atoms with E-state index in [1.165, 1.54) is 11.3 Å². The van der Waals surface area contributed by atoms with Crippen LogP contribution in [0.15, 0.2) is 38.9 Å². The number of hydrogen-bond acceptors (Lipinski definition) is 8. The molecule has 0 aliphatic rings. The average molecular weight is 422 g/mol. The monoisotopic (exact) mass is 421 g/mol. The summed E-state index contributed by atoms with van der Waals surface area (Å²) in [4.78, 5) is 28.6. The van der Waals surface area contributed by atoms with Crippen molar-refractivity contribution in [2.45, 2.75) is 12.2 Å². The molecule has 11 heteroatoms. The molecule has 3 aromatic rings. The van der Waals surface area contributed by atoms with Crippen molar-refractivity contribution in [1.29, 1.82) is 0 Å². The van der Waals surface area contributed by atoms with Crippen LogP contribution in [0.5, 0.6) is 0 Å². The first-order valence-electron chi connectivity index (χ1n) is 8.06. The Balaban J connectivity index is 1.41. The van der Waals surface area contributed by atoms with Crippen molar-refractivity contribution >= 4 is 51.5 Å². The molecule has 0 saturated heterocycles. The van der Waals surface area contributed by atoms with Crippen LogP contribution in [0, 0.1) is 0 Å². The summed E-state index contributed by atoms with van der Waals surface area (Å²) in [5, 5.41) is 7.63. The first-order chi connectivity index (χ1) is 13.1. The van der Waals surface area contributed by atoms with Gasteiger partial charge in [0.2, 0.25) is 11.1 Å². The van der Waals surface area contributed by atoms with E-state index in [2.05, 4.69) is 25.3 Å². The maximum Gasteiger partial charge on any atom is 0.255 e. The fourth-order valence-electron chi connectivity index (χ4n) is 2.18. The van der Waals surface area contributed by atoms with E-state index in [4.69, 9.17) is 11.5 Å². The van der Waals surface area contributed by atoms with Crippen molar-refractivity contribution in [3.63, 3.8) is 0 Å². The van der Waals surface area contributed by atoms with E-state index in [0.29, 0.717) is 29.6 Å². The molecule has 0 radical (unpaired) electrons. The van der Waals surface area contributed by atoms with Crippen LogP contribution in [0.3, 0.4) is 0 Å². The second-order valence-electron chi connectivity index (χ2n) is 5.48. The maximum atomic E-state index is 12.1. The average Bonchev–Trinajstić information content (AvgIpc) is 3.28. The molecule has 0 fully saturated rings. The van der Waals surface area contributed by atoms with Crippen LogP contribution in [0.2, 0.25) is 0 Å². The van der Waals surface area contributed by atoms with Crippen LogP contribution in [0.25, 0.3) is 0 Å². The molecule has 3 heterocycles. The zero-order valence-electron chi connectivity index (χ0n) is 14.3. The van der Waals surface area contributed by atoms with Crippen LogP contribution in [0.1, 0.15) is 16.1 Å². The maximum absolute atomic E-state index is 12.1. The second-order valence-corrected chi connectivity index (χ2v) is 8.45. The fraction of sp³-hybridized carbons (Fsp3) is 0.250. The van der Waals surface area contributed by atoms with Gasteiger partial charge in [0.25, 0.3) is 5.56 Å². The highest BCUT2D eigenvalue weighted by Crippen LogP contribution is 2.21. The van der Waals surface area contributed by atoms with Gasteiger partial charge in [0, 0.05) is 46.5 Å². The number of guanidine groups is 1. The van der Waals surface area contributed by atoms with Crippen LogP contribution in [-0.4, -0.2) is 33.2 Å². The zero-order valence-corrected chi connectivity index (χ0v) is 16.8. The lowest BCUT2D eigenvalue weighted by atomic mass is 10.2. The number of thiazole rings is 1. The Hall–Kier alpha value is -2.37. The van der Waals surface area contributed by atoms with E-state index < -0.39 is 0 Å². The van der Waals surface area contributed by atoms with Gasteiger partial charge in [0.1, 0.15) is 0 Å². The van der Waals surface area contributed by atoms with E-state index in [1.54, 1.807) is 29.3 Å². The molecule has 8 nitrogen and oxygen atoms in total. The lowest BCUT2D eigenvalue weighted by Crippen LogP contribution is -2.21. The van der Waals surface area contributed by atoms with Crippen LogP contribution < -0.4 is 22.3 Å². The number of rotatable bonds is 9. The van der Waals surface area contributed by atoms with Crippen LogP contribution >= 0.6 is 34.4 Å². The molecule has 0 amide bonds. The Kier molecular flexibility index (Phi) is 6.85. The number of anilines is 1. The standard InChI is InChI=1S/C16H19N7OS3/c17-14(18)23-16-21-11(9-27-16)8-25-5-3-19-15-20-7-10(13(24)22-15)6-12-2-1-4-26-12/h1-2,4,7,9H,3,5-6,8H2,(H4,17,18,21,23)(H2,19,20,22,24). The number of nitrogens with two attached hydrogens (primary N) is 2. The Morgan fingerprint density at radius 1 is 1.37 bits per heavy atom. The summed E-state index contributed by atoms with van der Waals surface area (Å²) in [7, 11) is 0. The number of H-pyrrole nitrogens is 1. The molecule has 0 aromatic carbocycles. The smallest absolute Gasteiger partial charge is 0.255 e. The van der Waals surface area contributed by atoms with Crippen molar-refractivity contribution in [2.24, 2.45) is 16.5 Å². The van der Waals surface area contributed by atoms with E-state index in [0.717, 1.165) is 22.1 Å². The molecule has 0 unspecified atom stereocenters. The van der Waals surface area contributed by atoms with Crippen LogP contribution in [-0.2, 0) is 12.2 Å². The summed E-state index contributed by atoms with van der Waals surface area (Å²) in [6.45, 7) is 0.683. The number of thioether (sulfide) groups is 1. The van der Waals surface area contributed by atoms with Gasteiger partial charge in [-0.2, -0.15) is 16.8 Å². The summed E-state index contributed by atoms with van der Waals surface area (Å²) >= 11 is 4.76. The molecule has 0 atom stereocenters. The van der Waals surface area contributed by atoms with E-state index in [-0.39, 0.29) is 11.5 Å². The summed E-state index contributed by atoms with van der Waals surface area (Å²) < 4.78 is 0.